The van der Waals surface area contributed by atoms with Crippen molar-refractivity contribution in [3.05, 3.63) is 54.5 Å². The van der Waals surface area contributed by atoms with E-state index in [0.29, 0.717) is 12.3 Å². The molecule has 1 heterocycles. The highest BCUT2D eigenvalue weighted by molar-refractivity contribution is 5.73. The molecule has 0 aliphatic heterocycles. The van der Waals surface area contributed by atoms with Crippen molar-refractivity contribution in [3.63, 3.8) is 0 Å². The zero-order valence-corrected chi connectivity index (χ0v) is 13.2. The van der Waals surface area contributed by atoms with Gasteiger partial charge in [0.1, 0.15) is 11.9 Å². The maximum Gasteiger partial charge on any atom is 0.314 e. The number of carbonyl (C=O) groups is 1. The molecule has 0 fully saturated rings. The topological polar surface area (TPSA) is 77.7 Å². The minimum Gasteiger partial charge on any atom is -0.467 e. The number of furan rings is 1. The van der Waals surface area contributed by atoms with Gasteiger partial charge in [0.05, 0.1) is 12.8 Å². The maximum atomic E-state index is 11.7. The summed E-state index contributed by atoms with van der Waals surface area (Å²) < 4.78 is 5.07. The summed E-state index contributed by atoms with van der Waals surface area (Å²) in [4.78, 5) is 13.8. The van der Waals surface area contributed by atoms with Gasteiger partial charge in [-0.05, 0) is 30.7 Å². The molecule has 0 aliphatic rings. The number of rotatable bonds is 8. The number of amides is 2. The van der Waals surface area contributed by atoms with Gasteiger partial charge in [-0.2, -0.15) is 0 Å². The van der Waals surface area contributed by atoms with Crippen molar-refractivity contribution < 1.29 is 14.3 Å². The molecule has 6 heteroatoms. The molecular formula is C17H23N3O3. The summed E-state index contributed by atoms with van der Waals surface area (Å²) in [6.07, 6.45) is 1.49. The average molecular weight is 317 g/mol. The van der Waals surface area contributed by atoms with Crippen LogP contribution in [0.1, 0.15) is 18.3 Å². The third kappa shape index (κ3) is 5.67. The van der Waals surface area contributed by atoms with Gasteiger partial charge in [-0.3, -0.25) is 0 Å². The first-order valence-corrected chi connectivity index (χ1v) is 7.66. The van der Waals surface area contributed by atoms with Gasteiger partial charge in [0, 0.05) is 25.8 Å². The highest BCUT2D eigenvalue weighted by Crippen LogP contribution is 2.11. The number of para-hydroxylation sites is 1. The molecular weight excluding hydrogens is 294 g/mol. The highest BCUT2D eigenvalue weighted by Gasteiger charge is 2.11. The highest BCUT2D eigenvalue weighted by atomic mass is 16.4. The molecule has 2 rings (SSSR count). The fourth-order valence-electron chi connectivity index (χ4n) is 2.16. The molecule has 23 heavy (non-hydrogen) atoms. The second kappa shape index (κ2) is 8.85. The van der Waals surface area contributed by atoms with Crippen LogP contribution in [0.3, 0.4) is 0 Å². The molecule has 0 saturated carbocycles. The number of nitrogens with one attached hydrogen (secondary N) is 2. The van der Waals surface area contributed by atoms with E-state index in [-0.39, 0.29) is 12.6 Å². The number of nitrogens with zero attached hydrogens (tertiary/aromatic N) is 1. The van der Waals surface area contributed by atoms with Crippen molar-refractivity contribution in [2.24, 2.45) is 0 Å². The van der Waals surface area contributed by atoms with E-state index in [1.165, 1.54) is 6.26 Å². The SMILES string of the molecule is CN(CCCNC(=O)NCC(O)c1ccco1)c1ccccc1. The molecule has 0 saturated heterocycles. The van der Waals surface area contributed by atoms with Crippen molar-refractivity contribution in [3.8, 4) is 0 Å². The average Bonchev–Trinajstić information content (AvgIpc) is 3.12. The van der Waals surface area contributed by atoms with Crippen LogP contribution >= 0.6 is 0 Å². The minimum absolute atomic E-state index is 0.114. The first kappa shape index (κ1) is 16.9. The number of carbonyl (C=O) groups excluding carboxylic acids is 1. The molecule has 0 spiro atoms. The molecule has 2 aromatic rings. The second-order valence-electron chi connectivity index (χ2n) is 5.28. The lowest BCUT2D eigenvalue weighted by Gasteiger charge is -2.19. The van der Waals surface area contributed by atoms with E-state index in [1.54, 1.807) is 12.1 Å². The summed E-state index contributed by atoms with van der Waals surface area (Å²) in [7, 11) is 2.02. The third-order valence-electron chi connectivity index (χ3n) is 3.48. The molecule has 1 unspecified atom stereocenters. The van der Waals surface area contributed by atoms with Crippen molar-refractivity contribution >= 4 is 11.7 Å². The summed E-state index contributed by atoms with van der Waals surface area (Å²) in [5.74, 6) is 0.440. The summed E-state index contributed by atoms with van der Waals surface area (Å²) in [5, 5.41) is 15.2. The molecule has 0 aliphatic carbocycles. The standard InChI is InChI=1S/C17H23N3O3/c1-20(14-7-3-2-4-8-14)11-6-10-18-17(22)19-13-15(21)16-9-5-12-23-16/h2-5,7-9,12,15,21H,6,10-11,13H2,1H3,(H2,18,19,22). The van der Waals surface area contributed by atoms with Crippen molar-refractivity contribution in [1.82, 2.24) is 10.6 Å². The Labute approximate surface area is 136 Å². The first-order chi connectivity index (χ1) is 11.2. The van der Waals surface area contributed by atoms with Crippen LogP contribution in [0, 0.1) is 0 Å². The molecule has 6 nitrogen and oxygen atoms in total. The molecule has 1 aromatic carbocycles. The Morgan fingerprint density at radius 1 is 1.22 bits per heavy atom. The molecule has 0 radical (unpaired) electrons. The number of benzene rings is 1. The van der Waals surface area contributed by atoms with Gasteiger partial charge in [0.15, 0.2) is 0 Å². The predicted octanol–water partition coefficient (Wildman–Crippen LogP) is 2.14. The Morgan fingerprint density at radius 2 is 2.00 bits per heavy atom. The van der Waals surface area contributed by atoms with E-state index in [4.69, 9.17) is 4.42 Å². The summed E-state index contributed by atoms with van der Waals surface area (Å²) in [6, 6.07) is 13.2. The van der Waals surface area contributed by atoms with E-state index < -0.39 is 6.10 Å². The van der Waals surface area contributed by atoms with Gasteiger partial charge in [-0.15, -0.1) is 0 Å². The lowest BCUT2D eigenvalue weighted by Crippen LogP contribution is -2.38. The normalized spacial score (nSPS) is 11.7. The molecule has 124 valence electrons. The lowest BCUT2D eigenvalue weighted by molar-refractivity contribution is 0.148. The van der Waals surface area contributed by atoms with E-state index in [2.05, 4.69) is 27.7 Å². The number of hydrogen-bond acceptors (Lipinski definition) is 4. The van der Waals surface area contributed by atoms with Gasteiger partial charge >= 0.3 is 6.03 Å². The zero-order valence-electron chi connectivity index (χ0n) is 13.2. The lowest BCUT2D eigenvalue weighted by atomic mass is 10.3. The fourth-order valence-corrected chi connectivity index (χ4v) is 2.16. The van der Waals surface area contributed by atoms with Crippen LogP contribution in [0.2, 0.25) is 0 Å². The van der Waals surface area contributed by atoms with Crippen LogP contribution in [0.15, 0.2) is 53.1 Å². The van der Waals surface area contributed by atoms with Gasteiger partial charge < -0.3 is 25.1 Å². The van der Waals surface area contributed by atoms with Crippen molar-refractivity contribution in [2.75, 3.05) is 31.6 Å². The van der Waals surface area contributed by atoms with Crippen LogP contribution in [-0.2, 0) is 0 Å². The van der Waals surface area contributed by atoms with Crippen LogP contribution < -0.4 is 15.5 Å². The smallest absolute Gasteiger partial charge is 0.314 e. The molecule has 1 atom stereocenters. The Hall–Kier alpha value is -2.47. The van der Waals surface area contributed by atoms with Crippen LogP contribution in [-0.4, -0.2) is 37.8 Å². The van der Waals surface area contributed by atoms with Gasteiger partial charge in [-0.1, -0.05) is 18.2 Å². The zero-order chi connectivity index (χ0) is 16.5. The Bertz CT molecular complexity index is 572. The van der Waals surface area contributed by atoms with Crippen LogP contribution in [0.4, 0.5) is 10.5 Å². The largest absolute Gasteiger partial charge is 0.467 e. The van der Waals surface area contributed by atoms with E-state index in [0.717, 1.165) is 18.7 Å². The van der Waals surface area contributed by atoms with E-state index >= 15 is 0 Å². The predicted molar refractivity (Wildman–Crippen MR) is 89.4 cm³/mol. The quantitative estimate of drug-likeness (QED) is 0.652. The summed E-state index contributed by atoms with van der Waals surface area (Å²) in [6.45, 7) is 1.53. The van der Waals surface area contributed by atoms with E-state index in [1.807, 2.05) is 25.2 Å². The van der Waals surface area contributed by atoms with Gasteiger partial charge in [0.25, 0.3) is 0 Å². The minimum atomic E-state index is -0.833. The number of urea groups is 1. The summed E-state index contributed by atoms with van der Waals surface area (Å²) >= 11 is 0. The summed E-state index contributed by atoms with van der Waals surface area (Å²) in [5.41, 5.74) is 1.15. The van der Waals surface area contributed by atoms with E-state index in [9.17, 15) is 9.90 Å². The maximum absolute atomic E-state index is 11.7. The van der Waals surface area contributed by atoms with Crippen molar-refractivity contribution in [1.29, 1.82) is 0 Å². The molecule has 2 amide bonds. The number of hydrogen-bond donors (Lipinski definition) is 3. The number of aliphatic hydroxyl groups excluding tert-OH is 1. The number of aliphatic hydroxyl groups is 1. The van der Waals surface area contributed by atoms with Crippen LogP contribution in [0.5, 0.6) is 0 Å². The first-order valence-electron chi connectivity index (χ1n) is 7.66. The fraction of sp³-hybridized carbons (Fsp3) is 0.353. The monoisotopic (exact) mass is 317 g/mol. The third-order valence-corrected chi connectivity index (χ3v) is 3.48. The molecule has 1 aromatic heterocycles. The Kier molecular flexibility index (Phi) is 6.50. The molecule has 0 bridgehead atoms. The number of anilines is 1. The van der Waals surface area contributed by atoms with Crippen molar-refractivity contribution in [2.45, 2.75) is 12.5 Å². The Balaban J connectivity index is 1.58. The Morgan fingerprint density at radius 3 is 2.70 bits per heavy atom. The molecule has 3 N–H and O–H groups in total. The van der Waals surface area contributed by atoms with Gasteiger partial charge in [-0.25, -0.2) is 4.79 Å². The van der Waals surface area contributed by atoms with Crippen LogP contribution in [0.25, 0.3) is 0 Å². The van der Waals surface area contributed by atoms with Gasteiger partial charge in [0.2, 0.25) is 0 Å². The second-order valence-corrected chi connectivity index (χ2v) is 5.28.